The van der Waals surface area contributed by atoms with Gasteiger partial charge in [-0.15, -0.1) is 0 Å². The Bertz CT molecular complexity index is 1050. The molecule has 2 atom stereocenters. The van der Waals surface area contributed by atoms with Crippen LogP contribution in [0.3, 0.4) is 0 Å². The standard InChI is InChI=1S/C51H100NO8P/c1-6-8-10-12-14-16-18-20-22-24-25-26-28-29-31-33-35-37-39-41-43-50(53)57-47-49(48-59-61(55,56)58-46-45-52(3,4)5)60-51(54)44-42-40-38-36-34-32-30-27-23-21-19-17-15-13-11-9-7-2/h17,19,49H,6-16,18,20-48H2,1-5H3/b19-17+/t49-/m1/s1. The number of nitrogens with zero attached hydrogens (tertiary/aromatic N) is 1. The zero-order chi connectivity index (χ0) is 45.0. The van der Waals surface area contributed by atoms with E-state index in [-0.39, 0.29) is 32.0 Å². The highest BCUT2D eigenvalue weighted by molar-refractivity contribution is 7.45. The quantitative estimate of drug-likeness (QED) is 0.0195. The summed E-state index contributed by atoms with van der Waals surface area (Å²) < 4.78 is 34.1. The Hall–Kier alpha value is -1.25. The largest absolute Gasteiger partial charge is 0.756 e. The van der Waals surface area contributed by atoms with E-state index in [0.29, 0.717) is 17.4 Å². The maximum Gasteiger partial charge on any atom is 0.306 e. The lowest BCUT2D eigenvalue weighted by atomic mass is 10.0. The van der Waals surface area contributed by atoms with E-state index in [4.69, 9.17) is 18.5 Å². The molecule has 0 aromatic heterocycles. The molecule has 10 heteroatoms. The molecule has 0 saturated carbocycles. The molecule has 61 heavy (non-hydrogen) atoms. The number of hydrogen-bond donors (Lipinski definition) is 0. The number of unbranched alkanes of at least 4 members (excludes halogenated alkanes) is 32. The highest BCUT2D eigenvalue weighted by Crippen LogP contribution is 2.38. The van der Waals surface area contributed by atoms with Gasteiger partial charge in [-0.25, -0.2) is 0 Å². The number of ether oxygens (including phenoxy) is 2. The second-order valence-electron chi connectivity index (χ2n) is 18.9. The van der Waals surface area contributed by atoms with Crippen molar-refractivity contribution in [2.24, 2.45) is 0 Å². The zero-order valence-electron chi connectivity index (χ0n) is 40.9. The summed E-state index contributed by atoms with van der Waals surface area (Å²) >= 11 is 0. The van der Waals surface area contributed by atoms with E-state index in [9.17, 15) is 19.0 Å². The van der Waals surface area contributed by atoms with Crippen LogP contribution in [0.15, 0.2) is 12.2 Å². The number of allylic oxidation sites excluding steroid dienone is 2. The minimum absolute atomic E-state index is 0.0277. The zero-order valence-corrected chi connectivity index (χ0v) is 41.8. The lowest BCUT2D eigenvalue weighted by Gasteiger charge is -2.28. The molecule has 0 bridgehead atoms. The molecule has 0 fully saturated rings. The van der Waals surface area contributed by atoms with Gasteiger partial charge in [-0.05, 0) is 38.5 Å². The summed E-state index contributed by atoms with van der Waals surface area (Å²) in [6.45, 7) is 4.27. The van der Waals surface area contributed by atoms with Crippen molar-refractivity contribution in [2.75, 3.05) is 47.5 Å². The summed E-state index contributed by atoms with van der Waals surface area (Å²) in [5, 5.41) is 0. The first kappa shape index (κ1) is 59.8. The monoisotopic (exact) mass is 886 g/mol. The Morgan fingerprint density at radius 2 is 0.836 bits per heavy atom. The Kier molecular flexibility index (Phi) is 43.1. The predicted octanol–water partition coefficient (Wildman–Crippen LogP) is 14.7. The average Bonchev–Trinajstić information content (AvgIpc) is 3.21. The number of esters is 2. The third-order valence-electron chi connectivity index (χ3n) is 11.5. The first-order chi connectivity index (χ1) is 29.5. The fraction of sp³-hybridized carbons (Fsp3) is 0.922. The second-order valence-corrected chi connectivity index (χ2v) is 20.3. The van der Waals surface area contributed by atoms with Gasteiger partial charge in [-0.3, -0.25) is 14.2 Å². The SMILES string of the molecule is CCCCCC/C=C/CCCCCCCCCCCC(=O)O[C@H](COC(=O)CCCCCCCCCCCCCCCCCCCCCC)COP(=O)([O-])OCC[N+](C)(C)C. The van der Waals surface area contributed by atoms with E-state index in [1.807, 2.05) is 21.1 Å². The fourth-order valence-electron chi connectivity index (χ4n) is 7.48. The predicted molar refractivity (Wildman–Crippen MR) is 255 cm³/mol. The molecular weight excluding hydrogens is 786 g/mol. The average molecular weight is 886 g/mol. The van der Waals surface area contributed by atoms with Crippen molar-refractivity contribution in [3.05, 3.63) is 12.2 Å². The highest BCUT2D eigenvalue weighted by atomic mass is 31.2. The van der Waals surface area contributed by atoms with E-state index in [1.54, 1.807) is 0 Å². The first-order valence-electron chi connectivity index (χ1n) is 25.9. The van der Waals surface area contributed by atoms with Gasteiger partial charge < -0.3 is 27.9 Å². The molecule has 1 unspecified atom stereocenters. The number of carbonyl (C=O) groups excluding carboxylic acids is 2. The molecular formula is C51H100NO8P. The van der Waals surface area contributed by atoms with Crippen LogP contribution in [0.4, 0.5) is 0 Å². The van der Waals surface area contributed by atoms with Gasteiger partial charge in [0.05, 0.1) is 27.7 Å². The van der Waals surface area contributed by atoms with Gasteiger partial charge in [0.1, 0.15) is 19.8 Å². The first-order valence-corrected chi connectivity index (χ1v) is 27.4. The Labute approximate surface area is 377 Å². The van der Waals surface area contributed by atoms with Gasteiger partial charge in [0.25, 0.3) is 7.82 Å². The molecule has 0 amide bonds. The summed E-state index contributed by atoms with van der Waals surface area (Å²) in [5.41, 5.74) is 0. The molecule has 0 saturated heterocycles. The van der Waals surface area contributed by atoms with Crippen molar-refractivity contribution < 1.29 is 42.1 Å². The lowest BCUT2D eigenvalue weighted by Crippen LogP contribution is -2.37. The molecule has 0 aliphatic heterocycles. The summed E-state index contributed by atoms with van der Waals surface area (Å²) in [4.78, 5) is 37.7. The number of carbonyl (C=O) groups is 2. The van der Waals surface area contributed by atoms with Crippen LogP contribution in [0.2, 0.25) is 0 Å². The molecule has 0 aliphatic rings. The molecule has 0 aromatic carbocycles. The highest BCUT2D eigenvalue weighted by Gasteiger charge is 2.21. The van der Waals surface area contributed by atoms with Gasteiger partial charge in [0, 0.05) is 12.8 Å². The van der Waals surface area contributed by atoms with Gasteiger partial charge in [-0.1, -0.05) is 212 Å². The minimum atomic E-state index is -4.62. The molecule has 0 aromatic rings. The number of phosphoric acid groups is 1. The van der Waals surface area contributed by atoms with Crippen molar-refractivity contribution in [1.29, 1.82) is 0 Å². The second kappa shape index (κ2) is 44.0. The normalized spacial score (nSPS) is 13.5. The van der Waals surface area contributed by atoms with Crippen LogP contribution in [-0.4, -0.2) is 70.0 Å². The van der Waals surface area contributed by atoms with Crippen LogP contribution in [0, 0.1) is 0 Å². The van der Waals surface area contributed by atoms with E-state index in [0.717, 1.165) is 38.5 Å². The third kappa shape index (κ3) is 48.1. The summed E-state index contributed by atoms with van der Waals surface area (Å²) in [6.07, 6.45) is 48.1. The molecule has 362 valence electrons. The lowest BCUT2D eigenvalue weighted by molar-refractivity contribution is -0.870. The van der Waals surface area contributed by atoms with Crippen molar-refractivity contribution in [2.45, 2.75) is 258 Å². The van der Waals surface area contributed by atoms with Crippen LogP contribution in [0.25, 0.3) is 0 Å². The number of likely N-dealkylation sites (N-methyl/N-ethyl adjacent to an activating group) is 1. The molecule has 0 radical (unpaired) electrons. The Morgan fingerprint density at radius 1 is 0.492 bits per heavy atom. The van der Waals surface area contributed by atoms with Crippen molar-refractivity contribution >= 4 is 19.8 Å². The van der Waals surface area contributed by atoms with Gasteiger partial charge >= 0.3 is 11.9 Å². The molecule has 9 nitrogen and oxygen atoms in total. The fourth-order valence-corrected chi connectivity index (χ4v) is 8.20. The van der Waals surface area contributed by atoms with Crippen LogP contribution >= 0.6 is 7.82 Å². The number of phosphoric ester groups is 1. The van der Waals surface area contributed by atoms with Crippen molar-refractivity contribution in [1.82, 2.24) is 0 Å². The number of hydrogen-bond acceptors (Lipinski definition) is 8. The Morgan fingerprint density at radius 3 is 1.23 bits per heavy atom. The number of rotatable bonds is 48. The molecule has 0 heterocycles. The van der Waals surface area contributed by atoms with Gasteiger partial charge in [0.15, 0.2) is 6.10 Å². The van der Waals surface area contributed by atoms with E-state index < -0.39 is 26.5 Å². The Balaban J connectivity index is 4.20. The maximum absolute atomic E-state index is 12.7. The third-order valence-corrected chi connectivity index (χ3v) is 12.5. The van der Waals surface area contributed by atoms with Crippen LogP contribution in [-0.2, 0) is 32.7 Å². The maximum atomic E-state index is 12.7. The topological polar surface area (TPSA) is 111 Å². The molecule has 0 rings (SSSR count). The van der Waals surface area contributed by atoms with Crippen molar-refractivity contribution in [3.63, 3.8) is 0 Å². The summed E-state index contributed by atoms with van der Waals surface area (Å²) in [5.74, 6) is -0.821. The van der Waals surface area contributed by atoms with Gasteiger partial charge in [0.2, 0.25) is 0 Å². The molecule has 0 aliphatic carbocycles. The number of quaternary nitrogens is 1. The van der Waals surface area contributed by atoms with Gasteiger partial charge in [-0.2, -0.15) is 0 Å². The minimum Gasteiger partial charge on any atom is -0.756 e. The van der Waals surface area contributed by atoms with Crippen molar-refractivity contribution in [3.8, 4) is 0 Å². The van der Waals surface area contributed by atoms with Crippen LogP contribution in [0.1, 0.15) is 251 Å². The smallest absolute Gasteiger partial charge is 0.306 e. The van der Waals surface area contributed by atoms with E-state index in [2.05, 4.69) is 26.0 Å². The van der Waals surface area contributed by atoms with Crippen LogP contribution < -0.4 is 4.89 Å². The van der Waals surface area contributed by atoms with Crippen LogP contribution in [0.5, 0.6) is 0 Å². The molecule has 0 N–H and O–H groups in total. The van der Waals surface area contributed by atoms with E-state index >= 15 is 0 Å². The van der Waals surface area contributed by atoms with E-state index in [1.165, 1.54) is 180 Å². The summed E-state index contributed by atoms with van der Waals surface area (Å²) in [6, 6.07) is 0. The summed E-state index contributed by atoms with van der Waals surface area (Å²) in [7, 11) is 1.18. The molecule has 0 spiro atoms.